The number of ether oxygens (including phenoxy) is 1. The second kappa shape index (κ2) is 8.04. The van der Waals surface area contributed by atoms with Crippen LogP contribution in [0.15, 0.2) is 22.7 Å². The number of halogens is 1. The van der Waals surface area contributed by atoms with Crippen LogP contribution in [0.25, 0.3) is 0 Å². The molecule has 1 aliphatic carbocycles. The van der Waals surface area contributed by atoms with Crippen molar-refractivity contribution in [3.05, 3.63) is 28.2 Å². The number of benzene rings is 1. The number of rotatable bonds is 7. The molecule has 1 fully saturated rings. The molecule has 0 heterocycles. The minimum Gasteiger partial charge on any atom is -0.497 e. The molecule has 20 heavy (non-hydrogen) atoms. The Morgan fingerprint density at radius 2 is 2.10 bits per heavy atom. The van der Waals surface area contributed by atoms with Crippen molar-refractivity contribution in [2.24, 2.45) is 11.8 Å². The van der Waals surface area contributed by atoms with Crippen LogP contribution in [0.2, 0.25) is 0 Å². The minimum atomic E-state index is 0.737. The maximum atomic E-state index is 5.36. The van der Waals surface area contributed by atoms with E-state index in [-0.39, 0.29) is 0 Å². The van der Waals surface area contributed by atoms with Crippen molar-refractivity contribution in [2.75, 3.05) is 20.2 Å². The highest BCUT2D eigenvalue weighted by Crippen LogP contribution is 2.35. The monoisotopic (exact) mass is 339 g/mol. The summed E-state index contributed by atoms with van der Waals surface area (Å²) < 4.78 is 6.57. The maximum absolute atomic E-state index is 5.36. The van der Waals surface area contributed by atoms with Gasteiger partial charge in [-0.05, 0) is 55.1 Å². The zero-order valence-corrected chi connectivity index (χ0v) is 14.2. The molecule has 0 aliphatic heterocycles. The summed E-state index contributed by atoms with van der Waals surface area (Å²) in [6, 6.07) is 6.30. The summed E-state index contributed by atoms with van der Waals surface area (Å²) >= 11 is 3.69. The van der Waals surface area contributed by atoms with Crippen LogP contribution >= 0.6 is 15.9 Å². The fourth-order valence-electron chi connectivity index (χ4n) is 3.28. The first-order valence-electron chi connectivity index (χ1n) is 7.77. The molecule has 1 aromatic rings. The molecule has 0 amide bonds. The topological polar surface area (TPSA) is 21.3 Å². The lowest BCUT2D eigenvalue weighted by Crippen LogP contribution is -2.29. The highest BCUT2D eigenvalue weighted by molar-refractivity contribution is 9.10. The van der Waals surface area contributed by atoms with Gasteiger partial charge >= 0.3 is 0 Å². The van der Waals surface area contributed by atoms with Gasteiger partial charge in [-0.25, -0.2) is 0 Å². The lowest BCUT2D eigenvalue weighted by molar-refractivity contribution is 0.322. The van der Waals surface area contributed by atoms with Gasteiger partial charge in [0.05, 0.1) is 7.11 Å². The van der Waals surface area contributed by atoms with Crippen molar-refractivity contribution in [3.8, 4) is 5.75 Å². The predicted molar refractivity (Wildman–Crippen MR) is 88.4 cm³/mol. The predicted octanol–water partition coefficient (Wildman–Crippen LogP) is 4.42. The largest absolute Gasteiger partial charge is 0.497 e. The lowest BCUT2D eigenvalue weighted by Gasteiger charge is -2.24. The van der Waals surface area contributed by atoms with Gasteiger partial charge in [0.2, 0.25) is 0 Å². The van der Waals surface area contributed by atoms with E-state index < -0.39 is 0 Å². The molecule has 0 spiro atoms. The van der Waals surface area contributed by atoms with Crippen LogP contribution in [0.3, 0.4) is 0 Å². The Hall–Kier alpha value is -0.540. The van der Waals surface area contributed by atoms with Gasteiger partial charge in [0.1, 0.15) is 5.75 Å². The summed E-state index contributed by atoms with van der Waals surface area (Å²) in [6.07, 6.45) is 6.75. The quantitative estimate of drug-likeness (QED) is 0.794. The van der Waals surface area contributed by atoms with E-state index >= 15 is 0 Å². The molecule has 112 valence electrons. The Kier molecular flexibility index (Phi) is 6.37. The zero-order valence-electron chi connectivity index (χ0n) is 12.6. The molecule has 3 heteroatoms. The molecule has 1 aliphatic rings. The normalized spacial score (nSPS) is 17.4. The molecular weight excluding hydrogens is 314 g/mol. The number of hydrogen-bond donors (Lipinski definition) is 1. The first kappa shape index (κ1) is 15.8. The van der Waals surface area contributed by atoms with Crippen LogP contribution in [0.5, 0.6) is 5.75 Å². The molecule has 0 aromatic heterocycles. The molecule has 1 aromatic carbocycles. The van der Waals surface area contributed by atoms with E-state index in [9.17, 15) is 0 Å². The van der Waals surface area contributed by atoms with Crippen molar-refractivity contribution < 1.29 is 4.74 Å². The standard InChI is InChI=1S/C17H26BrNO/c1-3-19-12-15(13-6-4-5-7-13)10-14-11-16(20-2)8-9-17(14)18/h8-9,11,13,15,19H,3-7,10,12H2,1-2H3. The summed E-state index contributed by atoms with van der Waals surface area (Å²) in [5.74, 6) is 2.57. The highest BCUT2D eigenvalue weighted by Gasteiger charge is 2.25. The molecule has 1 N–H and O–H groups in total. The molecule has 2 nitrogen and oxygen atoms in total. The first-order valence-corrected chi connectivity index (χ1v) is 8.57. The maximum Gasteiger partial charge on any atom is 0.119 e. The van der Waals surface area contributed by atoms with Gasteiger partial charge in [0.25, 0.3) is 0 Å². The smallest absolute Gasteiger partial charge is 0.119 e. The molecule has 0 saturated heterocycles. The minimum absolute atomic E-state index is 0.737. The Bertz CT molecular complexity index is 415. The number of nitrogens with one attached hydrogen (secondary N) is 1. The Balaban J connectivity index is 2.09. The summed E-state index contributed by atoms with van der Waals surface area (Å²) in [4.78, 5) is 0. The van der Waals surface area contributed by atoms with Gasteiger partial charge < -0.3 is 10.1 Å². The summed E-state index contributed by atoms with van der Waals surface area (Å²) in [5.41, 5.74) is 1.37. The lowest BCUT2D eigenvalue weighted by atomic mass is 9.85. The average molecular weight is 340 g/mol. The van der Waals surface area contributed by atoms with Gasteiger partial charge in [0.15, 0.2) is 0 Å². The van der Waals surface area contributed by atoms with Crippen molar-refractivity contribution in [1.82, 2.24) is 5.32 Å². The van der Waals surface area contributed by atoms with Crippen LogP contribution in [0.4, 0.5) is 0 Å². The van der Waals surface area contributed by atoms with Crippen LogP contribution in [-0.4, -0.2) is 20.2 Å². The number of hydrogen-bond acceptors (Lipinski definition) is 2. The van der Waals surface area contributed by atoms with E-state index in [2.05, 4.69) is 40.3 Å². The van der Waals surface area contributed by atoms with E-state index in [1.165, 1.54) is 35.7 Å². The SMILES string of the molecule is CCNCC(Cc1cc(OC)ccc1Br)C1CCCC1. The van der Waals surface area contributed by atoms with Crippen molar-refractivity contribution in [1.29, 1.82) is 0 Å². The van der Waals surface area contributed by atoms with Crippen LogP contribution in [0, 0.1) is 11.8 Å². The van der Waals surface area contributed by atoms with Crippen LogP contribution < -0.4 is 10.1 Å². The third-order valence-corrected chi connectivity index (χ3v) is 5.23. The fourth-order valence-corrected chi connectivity index (χ4v) is 3.69. The van der Waals surface area contributed by atoms with Crippen LogP contribution in [-0.2, 0) is 6.42 Å². The molecule has 0 radical (unpaired) electrons. The van der Waals surface area contributed by atoms with Gasteiger partial charge in [-0.15, -0.1) is 0 Å². The van der Waals surface area contributed by atoms with E-state index in [1.807, 2.05) is 6.07 Å². The van der Waals surface area contributed by atoms with Gasteiger partial charge in [0, 0.05) is 4.47 Å². The van der Waals surface area contributed by atoms with E-state index in [0.717, 1.165) is 37.1 Å². The molecule has 1 atom stereocenters. The Morgan fingerprint density at radius 3 is 2.75 bits per heavy atom. The summed E-state index contributed by atoms with van der Waals surface area (Å²) in [6.45, 7) is 4.38. The average Bonchev–Trinajstić information content (AvgIpc) is 2.99. The van der Waals surface area contributed by atoms with E-state index in [0.29, 0.717) is 0 Å². The Labute approximate surface area is 131 Å². The van der Waals surface area contributed by atoms with E-state index in [4.69, 9.17) is 4.74 Å². The van der Waals surface area contributed by atoms with Crippen molar-refractivity contribution in [2.45, 2.75) is 39.0 Å². The zero-order chi connectivity index (χ0) is 14.4. The Morgan fingerprint density at radius 1 is 1.35 bits per heavy atom. The van der Waals surface area contributed by atoms with Gasteiger partial charge in [-0.3, -0.25) is 0 Å². The molecule has 1 saturated carbocycles. The third-order valence-electron chi connectivity index (χ3n) is 4.46. The second-order valence-electron chi connectivity index (χ2n) is 5.77. The first-order chi connectivity index (χ1) is 9.74. The second-order valence-corrected chi connectivity index (χ2v) is 6.63. The number of methoxy groups -OCH3 is 1. The van der Waals surface area contributed by atoms with E-state index in [1.54, 1.807) is 7.11 Å². The molecule has 0 bridgehead atoms. The van der Waals surface area contributed by atoms with Gasteiger partial charge in [-0.1, -0.05) is 48.5 Å². The highest BCUT2D eigenvalue weighted by atomic mass is 79.9. The summed E-state index contributed by atoms with van der Waals surface area (Å²) in [5, 5.41) is 3.55. The third kappa shape index (κ3) is 4.23. The molecule has 1 unspecified atom stereocenters. The molecule has 2 rings (SSSR count). The fraction of sp³-hybridized carbons (Fsp3) is 0.647. The summed E-state index contributed by atoms with van der Waals surface area (Å²) in [7, 11) is 1.74. The van der Waals surface area contributed by atoms with Crippen LogP contribution in [0.1, 0.15) is 38.2 Å². The van der Waals surface area contributed by atoms with Gasteiger partial charge in [-0.2, -0.15) is 0 Å². The van der Waals surface area contributed by atoms with Crippen molar-refractivity contribution >= 4 is 15.9 Å². The van der Waals surface area contributed by atoms with Crippen molar-refractivity contribution in [3.63, 3.8) is 0 Å². The molecular formula is C17H26BrNO.